The Bertz CT molecular complexity index is 459. The zero-order chi connectivity index (χ0) is 12.3. The largest absolute Gasteiger partial charge is 0.297 e. The first-order chi connectivity index (χ1) is 8.03. The molecule has 1 N–H and O–H groups in total. The van der Waals surface area contributed by atoms with E-state index in [1.807, 2.05) is 18.2 Å². The van der Waals surface area contributed by atoms with Crippen LogP contribution in [0.15, 0.2) is 30.3 Å². The summed E-state index contributed by atoms with van der Waals surface area (Å²) in [6.45, 7) is 2.63. The molecule has 2 rings (SSSR count). The third-order valence-corrected chi connectivity index (χ3v) is 3.66. The minimum atomic E-state index is -3.08. The molecule has 1 heterocycles. The second-order valence-electron chi connectivity index (χ2n) is 4.60. The van der Waals surface area contributed by atoms with E-state index in [1.165, 1.54) is 11.8 Å². The highest BCUT2D eigenvalue weighted by Crippen LogP contribution is 2.13. The molecule has 0 spiro atoms. The Morgan fingerprint density at radius 3 is 2.71 bits per heavy atom. The molecule has 0 amide bonds. The van der Waals surface area contributed by atoms with Crippen molar-refractivity contribution in [2.75, 3.05) is 19.3 Å². The number of sulfonamides is 1. The van der Waals surface area contributed by atoms with Crippen molar-refractivity contribution in [1.29, 1.82) is 0 Å². The monoisotopic (exact) mass is 254 g/mol. The number of benzene rings is 1. The SMILES string of the molecule is CS(=O)(=O)NC1CCN(Cc2ccccc2)C1. The summed E-state index contributed by atoms with van der Waals surface area (Å²) in [5, 5.41) is 0. The van der Waals surface area contributed by atoms with E-state index < -0.39 is 10.0 Å². The lowest BCUT2D eigenvalue weighted by Gasteiger charge is -2.16. The first-order valence-corrected chi connectivity index (χ1v) is 7.66. The first-order valence-electron chi connectivity index (χ1n) is 5.76. The molecule has 0 radical (unpaired) electrons. The number of nitrogens with one attached hydrogen (secondary N) is 1. The van der Waals surface area contributed by atoms with Gasteiger partial charge in [0.15, 0.2) is 0 Å². The van der Waals surface area contributed by atoms with Crippen LogP contribution in [-0.4, -0.2) is 38.7 Å². The van der Waals surface area contributed by atoms with Gasteiger partial charge >= 0.3 is 0 Å². The van der Waals surface area contributed by atoms with E-state index in [0.29, 0.717) is 0 Å². The van der Waals surface area contributed by atoms with Crippen molar-refractivity contribution >= 4 is 10.0 Å². The maximum atomic E-state index is 11.1. The summed E-state index contributed by atoms with van der Waals surface area (Å²) in [6.07, 6.45) is 2.10. The summed E-state index contributed by atoms with van der Waals surface area (Å²) >= 11 is 0. The fourth-order valence-electron chi connectivity index (χ4n) is 2.22. The molecule has 1 aliphatic rings. The van der Waals surface area contributed by atoms with Crippen LogP contribution in [-0.2, 0) is 16.6 Å². The van der Waals surface area contributed by atoms with Crippen LogP contribution in [0.4, 0.5) is 0 Å². The van der Waals surface area contributed by atoms with Crippen molar-refractivity contribution in [1.82, 2.24) is 9.62 Å². The first kappa shape index (κ1) is 12.5. The minimum absolute atomic E-state index is 0.0636. The molecule has 5 heteroatoms. The van der Waals surface area contributed by atoms with Crippen molar-refractivity contribution in [2.45, 2.75) is 19.0 Å². The van der Waals surface area contributed by atoms with E-state index >= 15 is 0 Å². The molecule has 0 aromatic heterocycles. The van der Waals surface area contributed by atoms with Gasteiger partial charge in [-0.1, -0.05) is 30.3 Å². The quantitative estimate of drug-likeness (QED) is 0.865. The van der Waals surface area contributed by atoms with Crippen LogP contribution in [0.2, 0.25) is 0 Å². The maximum absolute atomic E-state index is 11.1. The number of nitrogens with zero attached hydrogens (tertiary/aromatic N) is 1. The molecule has 1 saturated heterocycles. The molecule has 1 aromatic rings. The Morgan fingerprint density at radius 1 is 1.35 bits per heavy atom. The molecule has 1 atom stereocenters. The molecular weight excluding hydrogens is 236 g/mol. The van der Waals surface area contributed by atoms with Gasteiger partial charge in [-0.3, -0.25) is 4.90 Å². The maximum Gasteiger partial charge on any atom is 0.208 e. The molecule has 0 saturated carbocycles. The lowest BCUT2D eigenvalue weighted by molar-refractivity contribution is 0.324. The molecule has 1 aromatic carbocycles. The topological polar surface area (TPSA) is 49.4 Å². The summed E-state index contributed by atoms with van der Waals surface area (Å²) in [5.74, 6) is 0. The molecule has 17 heavy (non-hydrogen) atoms. The van der Waals surface area contributed by atoms with E-state index in [1.54, 1.807) is 0 Å². The fourth-order valence-corrected chi connectivity index (χ4v) is 3.01. The molecule has 4 nitrogen and oxygen atoms in total. The van der Waals surface area contributed by atoms with E-state index in [9.17, 15) is 8.42 Å². The van der Waals surface area contributed by atoms with Gasteiger partial charge in [0.1, 0.15) is 0 Å². The van der Waals surface area contributed by atoms with E-state index in [-0.39, 0.29) is 6.04 Å². The number of rotatable bonds is 4. The molecule has 1 fully saturated rings. The molecule has 0 aliphatic carbocycles. The van der Waals surface area contributed by atoms with Gasteiger partial charge in [-0.15, -0.1) is 0 Å². The lowest BCUT2D eigenvalue weighted by Crippen LogP contribution is -2.36. The van der Waals surface area contributed by atoms with Crippen molar-refractivity contribution in [3.63, 3.8) is 0 Å². The van der Waals surface area contributed by atoms with Crippen LogP contribution in [0.5, 0.6) is 0 Å². The van der Waals surface area contributed by atoms with Crippen molar-refractivity contribution in [3.8, 4) is 0 Å². The van der Waals surface area contributed by atoms with Crippen LogP contribution < -0.4 is 4.72 Å². The Morgan fingerprint density at radius 2 is 2.06 bits per heavy atom. The van der Waals surface area contributed by atoms with Crippen LogP contribution in [0, 0.1) is 0 Å². The van der Waals surface area contributed by atoms with Crippen LogP contribution in [0.25, 0.3) is 0 Å². The van der Waals surface area contributed by atoms with E-state index in [0.717, 1.165) is 26.1 Å². The normalized spacial score (nSPS) is 21.8. The molecule has 0 bridgehead atoms. The Hall–Kier alpha value is -0.910. The third-order valence-electron chi connectivity index (χ3n) is 2.90. The lowest BCUT2D eigenvalue weighted by atomic mass is 10.2. The van der Waals surface area contributed by atoms with Gasteiger partial charge in [0.05, 0.1) is 6.26 Å². The average molecular weight is 254 g/mol. The molecular formula is C12H18N2O2S. The summed E-state index contributed by atoms with van der Waals surface area (Å²) in [6, 6.07) is 10.3. The number of hydrogen-bond donors (Lipinski definition) is 1. The zero-order valence-corrected chi connectivity index (χ0v) is 10.8. The summed E-state index contributed by atoms with van der Waals surface area (Å²) in [5.41, 5.74) is 1.27. The molecule has 1 aliphatic heterocycles. The third kappa shape index (κ3) is 4.11. The van der Waals surface area contributed by atoms with Crippen LogP contribution in [0.1, 0.15) is 12.0 Å². The van der Waals surface area contributed by atoms with Crippen molar-refractivity contribution in [3.05, 3.63) is 35.9 Å². The number of likely N-dealkylation sites (tertiary alicyclic amines) is 1. The zero-order valence-electron chi connectivity index (χ0n) is 9.96. The Kier molecular flexibility index (Phi) is 3.81. The van der Waals surface area contributed by atoms with Gasteiger partial charge in [-0.2, -0.15) is 0 Å². The predicted molar refractivity (Wildman–Crippen MR) is 68.1 cm³/mol. The highest BCUT2D eigenvalue weighted by atomic mass is 32.2. The van der Waals surface area contributed by atoms with Gasteiger partial charge < -0.3 is 0 Å². The van der Waals surface area contributed by atoms with Gasteiger partial charge in [-0.25, -0.2) is 13.1 Å². The smallest absolute Gasteiger partial charge is 0.208 e. The number of hydrogen-bond acceptors (Lipinski definition) is 3. The summed E-state index contributed by atoms with van der Waals surface area (Å²) in [4.78, 5) is 2.28. The standard InChI is InChI=1S/C12H18N2O2S/c1-17(15,16)13-12-7-8-14(10-12)9-11-5-3-2-4-6-11/h2-6,12-13H,7-10H2,1H3. The minimum Gasteiger partial charge on any atom is -0.297 e. The van der Waals surface area contributed by atoms with E-state index in [4.69, 9.17) is 0 Å². The Labute approximate surface area is 103 Å². The fraction of sp³-hybridized carbons (Fsp3) is 0.500. The average Bonchev–Trinajstić information content (AvgIpc) is 2.64. The second-order valence-corrected chi connectivity index (χ2v) is 6.38. The molecule has 1 unspecified atom stereocenters. The van der Waals surface area contributed by atoms with Crippen LogP contribution in [0.3, 0.4) is 0 Å². The van der Waals surface area contributed by atoms with Crippen molar-refractivity contribution < 1.29 is 8.42 Å². The van der Waals surface area contributed by atoms with Gasteiger partial charge in [0, 0.05) is 25.7 Å². The molecule has 94 valence electrons. The highest BCUT2D eigenvalue weighted by molar-refractivity contribution is 7.88. The van der Waals surface area contributed by atoms with Gasteiger partial charge in [-0.05, 0) is 12.0 Å². The summed E-state index contributed by atoms with van der Waals surface area (Å²) in [7, 11) is -3.08. The summed E-state index contributed by atoms with van der Waals surface area (Å²) < 4.78 is 24.9. The van der Waals surface area contributed by atoms with Crippen molar-refractivity contribution in [2.24, 2.45) is 0 Å². The second kappa shape index (κ2) is 5.16. The predicted octanol–water partition coefficient (Wildman–Crippen LogP) is 0.810. The van der Waals surface area contributed by atoms with Gasteiger partial charge in [0.2, 0.25) is 10.0 Å². The van der Waals surface area contributed by atoms with Crippen LogP contribution >= 0.6 is 0 Å². The van der Waals surface area contributed by atoms with Gasteiger partial charge in [0.25, 0.3) is 0 Å². The highest BCUT2D eigenvalue weighted by Gasteiger charge is 2.24. The Balaban J connectivity index is 1.86. The van der Waals surface area contributed by atoms with E-state index in [2.05, 4.69) is 21.8 Å².